The average molecular weight is 210 g/mol. The molecular formula is C10H5F3N2. The van der Waals surface area contributed by atoms with Crippen LogP contribution >= 0.6 is 0 Å². The SMILES string of the molecule is Fc1cc(F)c(-c2ncccn2)c(F)c1. The van der Waals surface area contributed by atoms with Gasteiger partial charge < -0.3 is 0 Å². The predicted octanol–water partition coefficient (Wildman–Crippen LogP) is 2.56. The molecule has 0 saturated heterocycles. The molecule has 1 heterocycles. The first-order valence-electron chi connectivity index (χ1n) is 4.10. The van der Waals surface area contributed by atoms with Crippen LogP contribution in [-0.4, -0.2) is 9.97 Å². The van der Waals surface area contributed by atoms with Crippen molar-refractivity contribution in [1.29, 1.82) is 0 Å². The highest BCUT2D eigenvalue weighted by atomic mass is 19.1. The van der Waals surface area contributed by atoms with E-state index in [0.29, 0.717) is 12.1 Å². The predicted molar refractivity (Wildman–Crippen MR) is 47.3 cm³/mol. The lowest BCUT2D eigenvalue weighted by Crippen LogP contribution is -1.96. The largest absolute Gasteiger partial charge is 0.236 e. The molecule has 0 aliphatic rings. The number of halogens is 3. The number of aromatic nitrogens is 2. The first-order valence-corrected chi connectivity index (χ1v) is 4.10. The average Bonchev–Trinajstić information content (AvgIpc) is 2.17. The maximum Gasteiger partial charge on any atom is 0.165 e. The Morgan fingerprint density at radius 1 is 0.867 bits per heavy atom. The van der Waals surface area contributed by atoms with Crippen molar-refractivity contribution in [3.8, 4) is 11.4 Å². The van der Waals surface area contributed by atoms with Crippen molar-refractivity contribution >= 4 is 0 Å². The van der Waals surface area contributed by atoms with Crippen molar-refractivity contribution in [3.63, 3.8) is 0 Å². The van der Waals surface area contributed by atoms with Crippen LogP contribution in [0.15, 0.2) is 30.6 Å². The minimum atomic E-state index is -1.02. The van der Waals surface area contributed by atoms with Gasteiger partial charge in [0.1, 0.15) is 17.5 Å². The standard InChI is InChI=1S/C10H5F3N2/c11-6-4-7(12)9(8(13)5-6)10-14-2-1-3-15-10/h1-5H. The van der Waals surface area contributed by atoms with Crippen molar-refractivity contribution in [2.75, 3.05) is 0 Å². The Hall–Kier alpha value is -1.91. The number of rotatable bonds is 1. The smallest absolute Gasteiger partial charge is 0.165 e. The molecule has 2 nitrogen and oxygen atoms in total. The van der Waals surface area contributed by atoms with E-state index in [9.17, 15) is 13.2 Å². The Balaban J connectivity index is 2.64. The third-order valence-electron chi connectivity index (χ3n) is 1.80. The molecule has 2 aromatic rings. The molecule has 0 fully saturated rings. The topological polar surface area (TPSA) is 25.8 Å². The van der Waals surface area contributed by atoms with Gasteiger partial charge in [-0.3, -0.25) is 0 Å². The van der Waals surface area contributed by atoms with Gasteiger partial charge in [0.2, 0.25) is 0 Å². The number of nitrogens with zero attached hydrogens (tertiary/aromatic N) is 2. The summed E-state index contributed by atoms with van der Waals surface area (Å²) in [6.07, 6.45) is 2.70. The van der Waals surface area contributed by atoms with Gasteiger partial charge in [0, 0.05) is 24.5 Å². The lowest BCUT2D eigenvalue weighted by atomic mass is 10.2. The fourth-order valence-electron chi connectivity index (χ4n) is 1.18. The molecule has 0 saturated carbocycles. The normalized spacial score (nSPS) is 10.3. The zero-order valence-corrected chi connectivity index (χ0v) is 7.42. The molecule has 2 rings (SSSR count). The van der Waals surface area contributed by atoms with Gasteiger partial charge >= 0.3 is 0 Å². The Bertz CT molecular complexity index is 462. The maximum atomic E-state index is 13.2. The van der Waals surface area contributed by atoms with Crippen LogP contribution in [0.25, 0.3) is 11.4 Å². The molecule has 1 aromatic carbocycles. The second-order valence-electron chi connectivity index (χ2n) is 2.82. The summed E-state index contributed by atoms with van der Waals surface area (Å²) in [7, 11) is 0. The molecule has 0 unspecified atom stereocenters. The van der Waals surface area contributed by atoms with Gasteiger partial charge in [-0.15, -0.1) is 0 Å². The van der Waals surface area contributed by atoms with Crippen molar-refractivity contribution < 1.29 is 13.2 Å². The fourth-order valence-corrected chi connectivity index (χ4v) is 1.18. The quantitative estimate of drug-likeness (QED) is 0.722. The van der Waals surface area contributed by atoms with E-state index in [2.05, 4.69) is 9.97 Å². The Kier molecular flexibility index (Phi) is 2.37. The van der Waals surface area contributed by atoms with E-state index in [0.717, 1.165) is 0 Å². The van der Waals surface area contributed by atoms with Crippen LogP contribution in [0, 0.1) is 17.5 Å². The summed E-state index contributed by atoms with van der Waals surface area (Å²) >= 11 is 0. The lowest BCUT2D eigenvalue weighted by molar-refractivity contribution is 0.546. The van der Waals surface area contributed by atoms with Crippen LogP contribution in [0.4, 0.5) is 13.2 Å². The van der Waals surface area contributed by atoms with Crippen molar-refractivity contribution in [2.45, 2.75) is 0 Å². The minimum absolute atomic E-state index is 0.104. The van der Waals surface area contributed by atoms with Crippen LogP contribution in [0.2, 0.25) is 0 Å². The van der Waals surface area contributed by atoms with Crippen LogP contribution in [0.3, 0.4) is 0 Å². The molecule has 5 heteroatoms. The van der Waals surface area contributed by atoms with E-state index in [1.807, 2.05) is 0 Å². The zero-order valence-electron chi connectivity index (χ0n) is 7.42. The number of benzene rings is 1. The third kappa shape index (κ3) is 1.81. The van der Waals surface area contributed by atoms with Gasteiger partial charge in [-0.25, -0.2) is 23.1 Å². The lowest BCUT2D eigenvalue weighted by Gasteiger charge is -2.02. The van der Waals surface area contributed by atoms with Crippen LogP contribution in [0.1, 0.15) is 0 Å². The molecule has 1 aromatic heterocycles. The molecule has 0 amide bonds. The number of hydrogen-bond donors (Lipinski definition) is 0. The molecular weight excluding hydrogens is 205 g/mol. The fraction of sp³-hybridized carbons (Fsp3) is 0. The summed E-state index contributed by atoms with van der Waals surface area (Å²) in [4.78, 5) is 7.37. The summed E-state index contributed by atoms with van der Waals surface area (Å²) in [6.45, 7) is 0. The van der Waals surface area contributed by atoms with Gasteiger partial charge in [-0.05, 0) is 6.07 Å². The summed E-state index contributed by atoms with van der Waals surface area (Å²) in [5.74, 6) is -3.10. The summed E-state index contributed by atoms with van der Waals surface area (Å²) in [5, 5.41) is 0. The van der Waals surface area contributed by atoms with E-state index in [-0.39, 0.29) is 5.82 Å². The second-order valence-corrected chi connectivity index (χ2v) is 2.82. The van der Waals surface area contributed by atoms with Crippen molar-refractivity contribution in [2.24, 2.45) is 0 Å². The van der Waals surface area contributed by atoms with E-state index < -0.39 is 23.0 Å². The molecule has 0 bridgehead atoms. The highest BCUT2D eigenvalue weighted by molar-refractivity contribution is 5.56. The van der Waals surface area contributed by atoms with E-state index in [4.69, 9.17) is 0 Å². The van der Waals surface area contributed by atoms with Gasteiger partial charge in [0.05, 0.1) is 5.56 Å². The first kappa shape index (κ1) is 9.64. The molecule has 0 aliphatic carbocycles. The number of hydrogen-bond acceptors (Lipinski definition) is 2. The molecule has 0 aliphatic heterocycles. The van der Waals surface area contributed by atoms with E-state index in [1.54, 1.807) is 0 Å². The molecule has 0 atom stereocenters. The second kappa shape index (κ2) is 3.68. The summed E-state index contributed by atoms with van der Waals surface area (Å²) < 4.78 is 39.1. The summed E-state index contributed by atoms with van der Waals surface area (Å²) in [6, 6.07) is 2.70. The molecule has 0 spiro atoms. The Labute approximate surface area is 83.4 Å². The van der Waals surface area contributed by atoms with Crippen LogP contribution < -0.4 is 0 Å². The van der Waals surface area contributed by atoms with Gasteiger partial charge in [-0.1, -0.05) is 0 Å². The Morgan fingerprint density at radius 3 is 1.93 bits per heavy atom. The van der Waals surface area contributed by atoms with Gasteiger partial charge in [-0.2, -0.15) is 0 Å². The summed E-state index contributed by atoms with van der Waals surface area (Å²) in [5.41, 5.74) is -0.419. The monoisotopic (exact) mass is 210 g/mol. The molecule has 0 N–H and O–H groups in total. The molecule has 15 heavy (non-hydrogen) atoms. The van der Waals surface area contributed by atoms with Crippen LogP contribution in [0.5, 0.6) is 0 Å². The van der Waals surface area contributed by atoms with Crippen molar-refractivity contribution in [1.82, 2.24) is 9.97 Å². The van der Waals surface area contributed by atoms with Crippen LogP contribution in [-0.2, 0) is 0 Å². The highest BCUT2D eigenvalue weighted by Crippen LogP contribution is 2.23. The maximum absolute atomic E-state index is 13.2. The first-order chi connectivity index (χ1) is 7.18. The third-order valence-corrected chi connectivity index (χ3v) is 1.80. The van der Waals surface area contributed by atoms with Gasteiger partial charge in [0.15, 0.2) is 5.82 Å². The highest BCUT2D eigenvalue weighted by Gasteiger charge is 2.15. The van der Waals surface area contributed by atoms with E-state index in [1.165, 1.54) is 18.5 Å². The molecule has 0 radical (unpaired) electrons. The molecule has 76 valence electrons. The zero-order chi connectivity index (χ0) is 10.8. The van der Waals surface area contributed by atoms with Crippen molar-refractivity contribution in [3.05, 3.63) is 48.0 Å². The van der Waals surface area contributed by atoms with E-state index >= 15 is 0 Å². The van der Waals surface area contributed by atoms with Gasteiger partial charge in [0.25, 0.3) is 0 Å². The Morgan fingerprint density at radius 2 is 1.40 bits per heavy atom. The minimum Gasteiger partial charge on any atom is -0.236 e.